The molecule has 1 aliphatic heterocycles. The average Bonchev–Trinajstić information content (AvgIpc) is 2.54. The molecule has 0 amide bonds. The lowest BCUT2D eigenvalue weighted by Crippen LogP contribution is -2.06. The fourth-order valence-electron chi connectivity index (χ4n) is 1.51. The van der Waals surface area contributed by atoms with E-state index in [9.17, 15) is 0 Å². The number of thioether (sulfide) groups is 1. The van der Waals surface area contributed by atoms with Gasteiger partial charge in [0, 0.05) is 16.5 Å². The summed E-state index contributed by atoms with van der Waals surface area (Å²) in [6.45, 7) is 0. The molecule has 1 atom stereocenters. The summed E-state index contributed by atoms with van der Waals surface area (Å²) < 4.78 is 1.27. The van der Waals surface area contributed by atoms with Gasteiger partial charge in [-0.2, -0.15) is 11.8 Å². The van der Waals surface area contributed by atoms with Gasteiger partial charge in [-0.05, 0) is 46.7 Å². The van der Waals surface area contributed by atoms with E-state index >= 15 is 0 Å². The van der Waals surface area contributed by atoms with Gasteiger partial charge in [0.05, 0.1) is 3.79 Å². The van der Waals surface area contributed by atoms with Crippen molar-refractivity contribution in [1.82, 2.24) is 0 Å². The summed E-state index contributed by atoms with van der Waals surface area (Å²) in [6.07, 6.45) is 2.78. The smallest absolute Gasteiger partial charge is 0.0701 e. The van der Waals surface area contributed by atoms with Gasteiger partial charge in [0.1, 0.15) is 0 Å². The van der Waals surface area contributed by atoms with E-state index in [-0.39, 0.29) is 0 Å². The third-order valence-corrected chi connectivity index (χ3v) is 5.16. The lowest BCUT2D eigenvalue weighted by molar-refractivity contribution is 0.670. The quantitative estimate of drug-likeness (QED) is 0.734. The maximum atomic E-state index is 3.51. The predicted molar refractivity (Wildman–Crippen MR) is 61.3 cm³/mol. The Morgan fingerprint density at radius 1 is 1.42 bits per heavy atom. The summed E-state index contributed by atoms with van der Waals surface area (Å²) in [5.41, 5.74) is 0. The lowest BCUT2D eigenvalue weighted by Gasteiger charge is -2.19. The average molecular weight is 263 g/mol. The Labute approximate surface area is 89.9 Å². The van der Waals surface area contributed by atoms with Crippen LogP contribution in [-0.4, -0.2) is 11.5 Å². The zero-order valence-corrected chi connectivity index (χ0v) is 9.97. The second-order valence-electron chi connectivity index (χ2n) is 3.06. The van der Waals surface area contributed by atoms with Crippen molar-refractivity contribution in [2.75, 3.05) is 11.5 Å². The van der Waals surface area contributed by atoms with Gasteiger partial charge in [-0.3, -0.25) is 0 Å². The Bertz CT molecular complexity index is 251. The molecule has 1 unspecified atom stereocenters. The molecule has 0 spiro atoms. The van der Waals surface area contributed by atoms with E-state index in [1.807, 2.05) is 11.3 Å². The minimum absolute atomic E-state index is 0.833. The Kier molecular flexibility index (Phi) is 3.15. The molecule has 1 aromatic rings. The number of hydrogen-bond acceptors (Lipinski definition) is 2. The molecule has 0 nitrogen and oxygen atoms in total. The topological polar surface area (TPSA) is 0 Å². The van der Waals surface area contributed by atoms with Gasteiger partial charge in [0.2, 0.25) is 0 Å². The molecule has 2 rings (SSSR count). The summed E-state index contributed by atoms with van der Waals surface area (Å²) in [7, 11) is 0. The lowest BCUT2D eigenvalue weighted by atomic mass is 10.0. The van der Waals surface area contributed by atoms with Gasteiger partial charge in [-0.15, -0.1) is 11.3 Å². The van der Waals surface area contributed by atoms with Gasteiger partial charge in [-0.25, -0.2) is 0 Å². The summed E-state index contributed by atoms with van der Waals surface area (Å²) >= 11 is 7.51. The number of rotatable bonds is 1. The van der Waals surface area contributed by atoms with Crippen molar-refractivity contribution in [1.29, 1.82) is 0 Å². The highest BCUT2D eigenvalue weighted by Crippen LogP contribution is 2.36. The number of thiophene rings is 1. The van der Waals surface area contributed by atoms with Gasteiger partial charge >= 0.3 is 0 Å². The summed E-state index contributed by atoms with van der Waals surface area (Å²) in [4.78, 5) is 1.56. The highest BCUT2D eigenvalue weighted by Gasteiger charge is 2.16. The maximum Gasteiger partial charge on any atom is 0.0701 e. The summed E-state index contributed by atoms with van der Waals surface area (Å²) in [5, 5.41) is 0. The van der Waals surface area contributed by atoms with Crippen LogP contribution in [0.4, 0.5) is 0 Å². The van der Waals surface area contributed by atoms with E-state index in [1.165, 1.54) is 28.1 Å². The van der Waals surface area contributed by atoms with Crippen molar-refractivity contribution in [3.63, 3.8) is 0 Å². The molecule has 0 bridgehead atoms. The van der Waals surface area contributed by atoms with E-state index in [1.54, 1.807) is 4.88 Å². The fourth-order valence-corrected chi connectivity index (χ4v) is 4.34. The van der Waals surface area contributed by atoms with Gasteiger partial charge in [0.15, 0.2) is 0 Å². The van der Waals surface area contributed by atoms with Crippen LogP contribution in [0, 0.1) is 0 Å². The highest BCUT2D eigenvalue weighted by molar-refractivity contribution is 9.11. The van der Waals surface area contributed by atoms with Crippen LogP contribution in [0.1, 0.15) is 23.6 Å². The maximum absolute atomic E-state index is 3.51. The van der Waals surface area contributed by atoms with E-state index in [2.05, 4.69) is 39.8 Å². The first-order valence-electron chi connectivity index (χ1n) is 4.19. The molecule has 0 aliphatic carbocycles. The van der Waals surface area contributed by atoms with Crippen molar-refractivity contribution in [3.8, 4) is 0 Å². The van der Waals surface area contributed by atoms with Crippen molar-refractivity contribution in [2.45, 2.75) is 18.8 Å². The molecule has 12 heavy (non-hydrogen) atoms. The van der Waals surface area contributed by atoms with Crippen LogP contribution in [0.2, 0.25) is 0 Å². The van der Waals surface area contributed by atoms with Crippen molar-refractivity contribution in [3.05, 3.63) is 20.8 Å². The molecular formula is C9H11BrS2. The first-order chi connectivity index (χ1) is 5.86. The number of halogens is 1. The zero-order valence-electron chi connectivity index (χ0n) is 6.75. The van der Waals surface area contributed by atoms with Crippen LogP contribution >= 0.6 is 39.0 Å². The second kappa shape index (κ2) is 4.16. The molecular weight excluding hydrogens is 252 g/mol. The summed E-state index contributed by atoms with van der Waals surface area (Å²) in [6, 6.07) is 4.44. The van der Waals surface area contributed by atoms with Crippen LogP contribution in [-0.2, 0) is 0 Å². The van der Waals surface area contributed by atoms with E-state index in [0.29, 0.717) is 0 Å². The standard InChI is InChI=1S/C9H11BrS2/c10-9-4-3-8(12-9)7-2-1-5-11-6-7/h3-4,7H,1-2,5-6H2. The molecule has 3 heteroatoms. The Balaban J connectivity index is 2.08. The van der Waals surface area contributed by atoms with Crippen LogP contribution in [0.5, 0.6) is 0 Å². The highest BCUT2D eigenvalue weighted by atomic mass is 79.9. The minimum atomic E-state index is 0.833. The molecule has 1 saturated heterocycles. The molecule has 0 N–H and O–H groups in total. The van der Waals surface area contributed by atoms with Gasteiger partial charge in [-0.1, -0.05) is 0 Å². The van der Waals surface area contributed by atoms with Crippen LogP contribution in [0.3, 0.4) is 0 Å². The second-order valence-corrected chi connectivity index (χ2v) is 6.70. The fraction of sp³-hybridized carbons (Fsp3) is 0.556. The van der Waals surface area contributed by atoms with E-state index in [4.69, 9.17) is 0 Å². The molecule has 1 aliphatic rings. The normalized spacial score (nSPS) is 24.2. The zero-order chi connectivity index (χ0) is 8.39. The van der Waals surface area contributed by atoms with Crippen molar-refractivity contribution in [2.24, 2.45) is 0 Å². The molecule has 2 heterocycles. The first-order valence-corrected chi connectivity index (χ1v) is 6.95. The molecule has 1 fully saturated rings. The first kappa shape index (κ1) is 9.10. The SMILES string of the molecule is Brc1ccc(C2CCCSC2)s1. The Morgan fingerprint density at radius 3 is 2.92 bits per heavy atom. The third kappa shape index (κ3) is 2.06. The molecule has 0 aromatic carbocycles. The Morgan fingerprint density at radius 2 is 2.33 bits per heavy atom. The van der Waals surface area contributed by atoms with Crippen LogP contribution in [0.15, 0.2) is 15.9 Å². The molecule has 0 radical (unpaired) electrons. The predicted octanol–water partition coefficient (Wildman–Crippen LogP) is 4.12. The Hall–Kier alpha value is 0.530. The van der Waals surface area contributed by atoms with Crippen molar-refractivity contribution >= 4 is 39.0 Å². The van der Waals surface area contributed by atoms with Crippen LogP contribution in [0.25, 0.3) is 0 Å². The minimum Gasteiger partial charge on any atom is -0.161 e. The van der Waals surface area contributed by atoms with Gasteiger partial charge in [0.25, 0.3) is 0 Å². The van der Waals surface area contributed by atoms with Crippen LogP contribution < -0.4 is 0 Å². The van der Waals surface area contributed by atoms with E-state index < -0.39 is 0 Å². The van der Waals surface area contributed by atoms with E-state index in [0.717, 1.165) is 5.92 Å². The molecule has 66 valence electrons. The van der Waals surface area contributed by atoms with Crippen molar-refractivity contribution < 1.29 is 0 Å². The molecule has 0 saturated carbocycles. The third-order valence-electron chi connectivity index (χ3n) is 2.16. The molecule has 1 aromatic heterocycles. The summed E-state index contributed by atoms with van der Waals surface area (Å²) in [5.74, 6) is 3.52. The number of hydrogen-bond donors (Lipinski definition) is 0. The van der Waals surface area contributed by atoms with Gasteiger partial charge < -0.3 is 0 Å². The monoisotopic (exact) mass is 262 g/mol. The largest absolute Gasteiger partial charge is 0.161 e.